The summed E-state index contributed by atoms with van der Waals surface area (Å²) in [5.41, 5.74) is 0.887. The van der Waals surface area contributed by atoms with Gasteiger partial charge in [-0.2, -0.15) is 17.0 Å². The number of hydrogen-bond acceptors (Lipinski definition) is 3. The van der Waals surface area contributed by atoms with Gasteiger partial charge >= 0.3 is 0 Å². The Balaban J connectivity index is 2.03. The molecule has 0 saturated carbocycles. The van der Waals surface area contributed by atoms with Gasteiger partial charge in [-0.1, -0.05) is 23.7 Å². The number of halogens is 1. The molecule has 20 heavy (non-hydrogen) atoms. The topological polar surface area (TPSA) is 60.9 Å². The summed E-state index contributed by atoms with van der Waals surface area (Å²) >= 11 is 5.81. The van der Waals surface area contributed by atoms with E-state index in [2.05, 4.69) is 0 Å². The standard InChI is InChI=1S/C13H19ClN2O3S/c1-15(10-11-2-4-12(14)5-3-11)20(18,19)16-8-6-13(17)7-9-16/h2-5,13,17H,6-10H2,1H3. The van der Waals surface area contributed by atoms with Crippen LogP contribution in [0.15, 0.2) is 24.3 Å². The Bertz CT molecular complexity index is 539. The Morgan fingerprint density at radius 1 is 1.30 bits per heavy atom. The molecular weight excluding hydrogens is 300 g/mol. The molecule has 1 heterocycles. The van der Waals surface area contributed by atoms with E-state index in [1.54, 1.807) is 19.2 Å². The Kier molecular flexibility index (Phi) is 5.04. The SMILES string of the molecule is CN(Cc1ccc(Cl)cc1)S(=O)(=O)N1CCC(O)CC1. The van der Waals surface area contributed by atoms with Crippen LogP contribution >= 0.6 is 11.6 Å². The van der Waals surface area contributed by atoms with Gasteiger partial charge in [-0.3, -0.25) is 0 Å². The van der Waals surface area contributed by atoms with Gasteiger partial charge in [0.25, 0.3) is 10.2 Å². The van der Waals surface area contributed by atoms with Gasteiger partial charge in [-0.15, -0.1) is 0 Å². The molecule has 1 aromatic carbocycles. The molecule has 1 aromatic rings. The summed E-state index contributed by atoms with van der Waals surface area (Å²) in [7, 11) is -1.91. The fourth-order valence-electron chi connectivity index (χ4n) is 2.20. The zero-order valence-electron chi connectivity index (χ0n) is 11.4. The van der Waals surface area contributed by atoms with E-state index in [1.807, 2.05) is 12.1 Å². The molecule has 0 bridgehead atoms. The van der Waals surface area contributed by atoms with Crippen molar-refractivity contribution in [3.05, 3.63) is 34.9 Å². The molecule has 5 nitrogen and oxygen atoms in total. The molecule has 0 spiro atoms. The normalized spacial score (nSPS) is 18.6. The fraction of sp³-hybridized carbons (Fsp3) is 0.538. The van der Waals surface area contributed by atoms with E-state index in [1.165, 1.54) is 8.61 Å². The van der Waals surface area contributed by atoms with Crippen molar-refractivity contribution in [2.45, 2.75) is 25.5 Å². The molecule has 1 aliphatic heterocycles. The lowest BCUT2D eigenvalue weighted by Crippen LogP contribution is -2.46. The summed E-state index contributed by atoms with van der Waals surface area (Å²) < 4.78 is 27.6. The summed E-state index contributed by atoms with van der Waals surface area (Å²) in [5, 5.41) is 10.1. The zero-order chi connectivity index (χ0) is 14.8. The molecule has 1 aliphatic rings. The van der Waals surface area contributed by atoms with Gasteiger partial charge in [-0.25, -0.2) is 0 Å². The van der Waals surface area contributed by atoms with E-state index < -0.39 is 10.2 Å². The van der Waals surface area contributed by atoms with Crippen LogP contribution in [-0.4, -0.2) is 48.4 Å². The van der Waals surface area contributed by atoms with Gasteiger partial charge in [0.05, 0.1) is 6.10 Å². The van der Waals surface area contributed by atoms with E-state index in [0.717, 1.165) is 5.56 Å². The number of piperidine rings is 1. The van der Waals surface area contributed by atoms with Crippen LogP contribution in [0.1, 0.15) is 18.4 Å². The Morgan fingerprint density at radius 3 is 2.40 bits per heavy atom. The lowest BCUT2D eigenvalue weighted by molar-refractivity contribution is 0.111. The Morgan fingerprint density at radius 2 is 1.85 bits per heavy atom. The van der Waals surface area contributed by atoms with E-state index in [-0.39, 0.29) is 6.10 Å². The minimum Gasteiger partial charge on any atom is -0.393 e. The maximum atomic E-state index is 12.4. The minimum absolute atomic E-state index is 0.304. The van der Waals surface area contributed by atoms with Crippen LogP contribution < -0.4 is 0 Å². The van der Waals surface area contributed by atoms with Crippen molar-refractivity contribution < 1.29 is 13.5 Å². The maximum Gasteiger partial charge on any atom is 0.282 e. The monoisotopic (exact) mass is 318 g/mol. The third-order valence-electron chi connectivity index (χ3n) is 3.46. The first kappa shape index (κ1) is 15.7. The number of nitrogens with zero attached hydrogens (tertiary/aromatic N) is 2. The van der Waals surface area contributed by atoms with Crippen LogP contribution in [0.25, 0.3) is 0 Å². The third-order valence-corrected chi connectivity index (χ3v) is 5.65. The van der Waals surface area contributed by atoms with Gasteiger partial charge < -0.3 is 5.11 Å². The summed E-state index contributed by atoms with van der Waals surface area (Å²) in [5.74, 6) is 0. The van der Waals surface area contributed by atoms with Crippen LogP contribution in [0.3, 0.4) is 0 Å². The second kappa shape index (κ2) is 6.41. The fourth-order valence-corrected chi connectivity index (χ4v) is 3.70. The number of aliphatic hydroxyl groups is 1. The van der Waals surface area contributed by atoms with Crippen molar-refractivity contribution in [2.24, 2.45) is 0 Å². The minimum atomic E-state index is -3.47. The number of rotatable bonds is 4. The Hall–Kier alpha value is -0.660. The molecule has 1 saturated heterocycles. The van der Waals surface area contributed by atoms with E-state index >= 15 is 0 Å². The number of aliphatic hydroxyl groups excluding tert-OH is 1. The second-order valence-corrected chi connectivity index (χ2v) is 7.49. The average Bonchev–Trinajstić information content (AvgIpc) is 2.42. The summed E-state index contributed by atoms with van der Waals surface area (Å²) in [6, 6.07) is 7.12. The second-order valence-electron chi connectivity index (χ2n) is 5.02. The highest BCUT2D eigenvalue weighted by atomic mass is 35.5. The molecule has 0 atom stereocenters. The van der Waals surface area contributed by atoms with Gasteiger partial charge in [-0.05, 0) is 30.5 Å². The molecule has 0 aromatic heterocycles. The first-order chi connectivity index (χ1) is 9.39. The third kappa shape index (κ3) is 3.71. The summed E-state index contributed by atoms with van der Waals surface area (Å²) in [6.45, 7) is 1.04. The van der Waals surface area contributed by atoms with Gasteiger partial charge in [0.15, 0.2) is 0 Å². The summed E-state index contributed by atoms with van der Waals surface area (Å²) in [4.78, 5) is 0. The van der Waals surface area contributed by atoms with Crippen LogP contribution in [0.4, 0.5) is 0 Å². The molecule has 0 amide bonds. The van der Waals surface area contributed by atoms with Gasteiger partial charge in [0.1, 0.15) is 0 Å². The average molecular weight is 319 g/mol. The molecule has 2 rings (SSSR count). The van der Waals surface area contributed by atoms with Crippen LogP contribution in [-0.2, 0) is 16.8 Å². The van der Waals surface area contributed by atoms with Crippen LogP contribution in [0.2, 0.25) is 5.02 Å². The van der Waals surface area contributed by atoms with Gasteiger partial charge in [0.2, 0.25) is 0 Å². The first-order valence-electron chi connectivity index (χ1n) is 6.53. The predicted molar refractivity (Wildman–Crippen MR) is 78.7 cm³/mol. The highest BCUT2D eigenvalue weighted by Crippen LogP contribution is 2.18. The number of hydrogen-bond donors (Lipinski definition) is 1. The predicted octanol–water partition coefficient (Wildman–Crippen LogP) is 1.47. The molecule has 112 valence electrons. The molecule has 7 heteroatoms. The Labute approximate surface area is 124 Å². The zero-order valence-corrected chi connectivity index (χ0v) is 12.9. The summed E-state index contributed by atoms with van der Waals surface area (Å²) in [6.07, 6.45) is 0.602. The van der Waals surface area contributed by atoms with Crippen molar-refractivity contribution in [2.75, 3.05) is 20.1 Å². The molecule has 0 radical (unpaired) electrons. The maximum absolute atomic E-state index is 12.4. The van der Waals surface area contributed by atoms with E-state index in [9.17, 15) is 13.5 Å². The van der Waals surface area contributed by atoms with Crippen LogP contribution in [0, 0.1) is 0 Å². The molecule has 0 unspecified atom stereocenters. The van der Waals surface area contributed by atoms with Crippen molar-refractivity contribution in [3.8, 4) is 0 Å². The quantitative estimate of drug-likeness (QED) is 0.914. The number of benzene rings is 1. The highest BCUT2D eigenvalue weighted by molar-refractivity contribution is 7.86. The molecule has 0 aliphatic carbocycles. The lowest BCUT2D eigenvalue weighted by atomic mass is 10.1. The van der Waals surface area contributed by atoms with Crippen molar-refractivity contribution >= 4 is 21.8 Å². The highest BCUT2D eigenvalue weighted by Gasteiger charge is 2.30. The first-order valence-corrected chi connectivity index (χ1v) is 8.31. The van der Waals surface area contributed by atoms with Crippen molar-refractivity contribution in [1.29, 1.82) is 0 Å². The van der Waals surface area contributed by atoms with Crippen molar-refractivity contribution in [1.82, 2.24) is 8.61 Å². The van der Waals surface area contributed by atoms with Crippen molar-refractivity contribution in [3.63, 3.8) is 0 Å². The van der Waals surface area contributed by atoms with Gasteiger partial charge in [0, 0.05) is 31.7 Å². The molecule has 1 fully saturated rings. The van der Waals surface area contributed by atoms with E-state index in [0.29, 0.717) is 37.5 Å². The molecular formula is C13H19ClN2O3S. The largest absolute Gasteiger partial charge is 0.393 e. The smallest absolute Gasteiger partial charge is 0.282 e. The molecule has 1 N–H and O–H groups in total. The van der Waals surface area contributed by atoms with E-state index in [4.69, 9.17) is 11.6 Å². The van der Waals surface area contributed by atoms with Crippen LogP contribution in [0.5, 0.6) is 0 Å². The lowest BCUT2D eigenvalue weighted by Gasteiger charge is -2.32.